The highest BCUT2D eigenvalue weighted by Crippen LogP contribution is 2.02. The summed E-state index contributed by atoms with van der Waals surface area (Å²) < 4.78 is 9.70. The summed E-state index contributed by atoms with van der Waals surface area (Å²) in [6.45, 7) is 4.44. The van der Waals surface area contributed by atoms with Crippen LogP contribution in [-0.2, 0) is 19.1 Å². The molecule has 0 aromatic rings. The zero-order valence-corrected chi connectivity index (χ0v) is 10.4. The fourth-order valence-corrected chi connectivity index (χ4v) is 0.992. The van der Waals surface area contributed by atoms with Crippen molar-refractivity contribution in [3.63, 3.8) is 0 Å². The number of carbonyl (C=O) groups excluding carboxylic acids is 2. The smallest absolute Gasteiger partial charge is 0.305 e. The molecule has 0 aromatic heterocycles. The summed E-state index contributed by atoms with van der Waals surface area (Å²) in [6, 6.07) is 1.87. The molecular weight excluding hydrogens is 222 g/mol. The van der Waals surface area contributed by atoms with E-state index in [1.807, 2.05) is 19.9 Å². The van der Waals surface area contributed by atoms with E-state index in [-0.39, 0.29) is 37.8 Å². The Hall–Kier alpha value is -1.57. The zero-order valence-electron chi connectivity index (χ0n) is 10.4. The predicted molar refractivity (Wildman–Crippen MR) is 60.8 cm³/mol. The summed E-state index contributed by atoms with van der Waals surface area (Å²) in [5.41, 5.74) is 0. The molecule has 0 bridgehead atoms. The number of hydrogen-bond acceptors (Lipinski definition) is 5. The molecule has 0 aromatic carbocycles. The molecule has 0 saturated carbocycles. The van der Waals surface area contributed by atoms with E-state index in [9.17, 15) is 9.59 Å². The topological polar surface area (TPSA) is 76.4 Å². The van der Waals surface area contributed by atoms with Crippen LogP contribution in [0, 0.1) is 17.2 Å². The first-order chi connectivity index (χ1) is 8.06. The van der Waals surface area contributed by atoms with Gasteiger partial charge < -0.3 is 9.47 Å². The van der Waals surface area contributed by atoms with Gasteiger partial charge in [0, 0.05) is 12.8 Å². The third-order valence-electron chi connectivity index (χ3n) is 1.82. The summed E-state index contributed by atoms with van der Waals surface area (Å²) in [4.78, 5) is 22.3. The SMILES string of the molecule is CC(C)COC(=O)CCCC(=O)OCCC#N. The molecule has 0 N–H and O–H groups in total. The van der Waals surface area contributed by atoms with Gasteiger partial charge in [-0.25, -0.2) is 0 Å². The van der Waals surface area contributed by atoms with Gasteiger partial charge >= 0.3 is 11.9 Å². The summed E-state index contributed by atoms with van der Waals surface area (Å²) >= 11 is 0. The van der Waals surface area contributed by atoms with Gasteiger partial charge in [0.1, 0.15) is 6.61 Å². The van der Waals surface area contributed by atoms with Crippen molar-refractivity contribution in [3.05, 3.63) is 0 Å². The molecule has 0 saturated heterocycles. The maximum Gasteiger partial charge on any atom is 0.305 e. The van der Waals surface area contributed by atoms with E-state index in [0.717, 1.165) is 0 Å². The summed E-state index contributed by atoms with van der Waals surface area (Å²) in [7, 11) is 0. The number of nitrogens with zero attached hydrogens (tertiary/aromatic N) is 1. The third kappa shape index (κ3) is 10.7. The molecule has 0 unspecified atom stereocenters. The van der Waals surface area contributed by atoms with E-state index in [1.54, 1.807) is 0 Å². The highest BCUT2D eigenvalue weighted by atomic mass is 16.5. The Morgan fingerprint density at radius 2 is 1.76 bits per heavy atom. The fraction of sp³-hybridized carbons (Fsp3) is 0.750. The predicted octanol–water partition coefficient (Wildman–Crippen LogP) is 1.81. The van der Waals surface area contributed by atoms with Gasteiger partial charge in [-0.15, -0.1) is 0 Å². The van der Waals surface area contributed by atoms with Crippen LogP contribution in [0.15, 0.2) is 0 Å². The second kappa shape index (κ2) is 9.64. The molecule has 17 heavy (non-hydrogen) atoms. The van der Waals surface area contributed by atoms with Crippen LogP contribution in [0.2, 0.25) is 0 Å². The Bertz CT molecular complexity index is 281. The molecule has 0 amide bonds. The van der Waals surface area contributed by atoms with Crippen molar-refractivity contribution < 1.29 is 19.1 Å². The van der Waals surface area contributed by atoms with Crippen LogP contribution < -0.4 is 0 Å². The van der Waals surface area contributed by atoms with E-state index >= 15 is 0 Å². The number of ether oxygens (including phenoxy) is 2. The van der Waals surface area contributed by atoms with Crippen LogP contribution in [0.25, 0.3) is 0 Å². The van der Waals surface area contributed by atoms with Crippen molar-refractivity contribution in [2.75, 3.05) is 13.2 Å². The number of hydrogen-bond donors (Lipinski definition) is 0. The van der Waals surface area contributed by atoms with Crippen LogP contribution in [0.3, 0.4) is 0 Å². The summed E-state index contributed by atoms with van der Waals surface area (Å²) in [5, 5.41) is 8.23. The first kappa shape index (κ1) is 15.4. The van der Waals surface area contributed by atoms with Gasteiger partial charge in [-0.1, -0.05) is 13.8 Å². The second-order valence-electron chi connectivity index (χ2n) is 4.06. The van der Waals surface area contributed by atoms with Crippen molar-refractivity contribution in [2.45, 2.75) is 39.5 Å². The molecule has 0 aliphatic carbocycles. The highest BCUT2D eigenvalue weighted by molar-refractivity contribution is 5.72. The molecule has 0 aliphatic heterocycles. The van der Waals surface area contributed by atoms with E-state index in [0.29, 0.717) is 18.9 Å². The summed E-state index contributed by atoms with van der Waals surface area (Å²) in [5.74, 6) is -0.352. The van der Waals surface area contributed by atoms with Crippen LogP contribution in [0.4, 0.5) is 0 Å². The molecular formula is C12H19NO4. The Morgan fingerprint density at radius 1 is 1.18 bits per heavy atom. The first-order valence-electron chi connectivity index (χ1n) is 5.74. The van der Waals surface area contributed by atoms with Crippen LogP contribution in [0.1, 0.15) is 39.5 Å². The maximum atomic E-state index is 11.2. The fourth-order valence-electron chi connectivity index (χ4n) is 0.992. The molecule has 0 fully saturated rings. The lowest BCUT2D eigenvalue weighted by atomic mass is 10.2. The highest BCUT2D eigenvalue weighted by Gasteiger charge is 2.07. The zero-order chi connectivity index (χ0) is 13.1. The molecule has 0 spiro atoms. The summed E-state index contributed by atoms with van der Waals surface area (Å²) in [6.07, 6.45) is 1.02. The van der Waals surface area contributed by atoms with Gasteiger partial charge in [-0.3, -0.25) is 9.59 Å². The van der Waals surface area contributed by atoms with Gasteiger partial charge in [-0.2, -0.15) is 5.26 Å². The van der Waals surface area contributed by atoms with E-state index in [2.05, 4.69) is 0 Å². The van der Waals surface area contributed by atoms with E-state index in [1.165, 1.54) is 0 Å². The number of rotatable bonds is 8. The van der Waals surface area contributed by atoms with Crippen molar-refractivity contribution in [3.8, 4) is 6.07 Å². The van der Waals surface area contributed by atoms with Gasteiger partial charge in [0.15, 0.2) is 0 Å². The lowest BCUT2D eigenvalue weighted by molar-refractivity contribution is -0.146. The molecule has 0 radical (unpaired) electrons. The Labute approximate surface area is 102 Å². The monoisotopic (exact) mass is 241 g/mol. The average Bonchev–Trinajstić information content (AvgIpc) is 2.27. The molecule has 0 heterocycles. The largest absolute Gasteiger partial charge is 0.465 e. The number of carbonyl (C=O) groups is 2. The Balaban J connectivity index is 3.46. The quantitative estimate of drug-likeness (QED) is 0.478. The molecule has 96 valence electrons. The molecule has 5 nitrogen and oxygen atoms in total. The van der Waals surface area contributed by atoms with Crippen LogP contribution >= 0.6 is 0 Å². The normalized spacial score (nSPS) is 9.76. The van der Waals surface area contributed by atoms with Crippen molar-refractivity contribution >= 4 is 11.9 Å². The van der Waals surface area contributed by atoms with Gasteiger partial charge in [0.05, 0.1) is 19.1 Å². The van der Waals surface area contributed by atoms with Crippen LogP contribution in [-0.4, -0.2) is 25.2 Å². The van der Waals surface area contributed by atoms with Crippen molar-refractivity contribution in [2.24, 2.45) is 5.92 Å². The standard InChI is InChI=1S/C12H19NO4/c1-10(2)9-17-12(15)6-3-5-11(14)16-8-4-7-13/h10H,3-6,8-9H2,1-2H3. The average molecular weight is 241 g/mol. The number of esters is 2. The molecule has 0 atom stereocenters. The minimum absolute atomic E-state index is 0.118. The molecule has 5 heteroatoms. The van der Waals surface area contributed by atoms with Crippen molar-refractivity contribution in [1.82, 2.24) is 0 Å². The number of nitriles is 1. The van der Waals surface area contributed by atoms with Crippen molar-refractivity contribution in [1.29, 1.82) is 5.26 Å². The third-order valence-corrected chi connectivity index (χ3v) is 1.82. The van der Waals surface area contributed by atoms with E-state index < -0.39 is 0 Å². The minimum atomic E-state index is -0.378. The maximum absolute atomic E-state index is 11.2. The first-order valence-corrected chi connectivity index (χ1v) is 5.74. The van der Waals surface area contributed by atoms with Gasteiger partial charge in [0.25, 0.3) is 0 Å². The van der Waals surface area contributed by atoms with Gasteiger partial charge in [0.2, 0.25) is 0 Å². The Kier molecular flexibility index (Phi) is 8.75. The van der Waals surface area contributed by atoms with E-state index in [4.69, 9.17) is 14.7 Å². The Morgan fingerprint density at radius 3 is 2.29 bits per heavy atom. The molecule has 0 aliphatic rings. The van der Waals surface area contributed by atoms with Crippen LogP contribution in [0.5, 0.6) is 0 Å². The van der Waals surface area contributed by atoms with Gasteiger partial charge in [-0.05, 0) is 12.3 Å². The lowest BCUT2D eigenvalue weighted by Gasteiger charge is -2.06. The molecule has 0 rings (SSSR count). The second-order valence-corrected chi connectivity index (χ2v) is 4.06. The lowest BCUT2D eigenvalue weighted by Crippen LogP contribution is -2.11. The minimum Gasteiger partial charge on any atom is -0.465 e.